The van der Waals surface area contributed by atoms with Crippen LogP contribution in [0.2, 0.25) is 0 Å². The van der Waals surface area contributed by atoms with Crippen molar-refractivity contribution in [1.29, 1.82) is 0 Å². The molecule has 0 bridgehead atoms. The summed E-state index contributed by atoms with van der Waals surface area (Å²) in [7, 11) is -1.06. The van der Waals surface area contributed by atoms with Gasteiger partial charge >= 0.3 is 0 Å². The maximum Gasteiger partial charge on any atom is 0.273 e. The molecule has 2 aromatic carbocycles. The van der Waals surface area contributed by atoms with Crippen LogP contribution in [0.15, 0.2) is 77.0 Å². The number of methoxy groups -OCH3 is 1. The normalized spacial score (nSPS) is 15.2. The zero-order valence-corrected chi connectivity index (χ0v) is 19.5. The highest BCUT2D eigenvalue weighted by molar-refractivity contribution is 7.92. The van der Waals surface area contributed by atoms with Gasteiger partial charge < -0.3 is 10.1 Å². The quantitative estimate of drug-likeness (QED) is 0.526. The topological polar surface area (TPSA) is 117 Å². The van der Waals surface area contributed by atoms with Crippen LogP contribution in [0.1, 0.15) is 10.4 Å². The molecule has 1 aromatic heterocycles. The Morgan fingerprint density at radius 2 is 1.82 bits per heavy atom. The number of amides is 1. The number of ether oxygens (including phenoxy) is 1. The van der Waals surface area contributed by atoms with E-state index in [2.05, 4.69) is 20.4 Å². The lowest BCUT2D eigenvalue weighted by atomic mass is 10.1. The summed E-state index contributed by atoms with van der Waals surface area (Å²) in [4.78, 5) is 20.7. The van der Waals surface area contributed by atoms with Crippen LogP contribution in [0.25, 0.3) is 0 Å². The first-order valence-electron chi connectivity index (χ1n) is 10.5. The van der Waals surface area contributed by atoms with Crippen LogP contribution in [0.5, 0.6) is 5.88 Å². The lowest BCUT2D eigenvalue weighted by molar-refractivity contribution is 0.0769. The van der Waals surface area contributed by atoms with Crippen molar-refractivity contribution in [2.24, 2.45) is 11.0 Å². The van der Waals surface area contributed by atoms with Crippen molar-refractivity contribution in [3.63, 3.8) is 0 Å². The molecule has 34 heavy (non-hydrogen) atoms. The molecule has 1 amide bonds. The number of benzene rings is 2. The molecule has 0 fully saturated rings. The Balaban J connectivity index is 1.36. The van der Waals surface area contributed by atoms with Crippen molar-refractivity contribution in [3.05, 3.63) is 72.6 Å². The SMILES string of the molecule is COc1nccnc1N(C)S(=O)(=O)c1ccc(NCC2C=NN(C(=O)c3ccccc3)C2)cc1. The van der Waals surface area contributed by atoms with Gasteiger partial charge in [0, 0.05) is 49.4 Å². The summed E-state index contributed by atoms with van der Waals surface area (Å²) < 4.78 is 32.2. The largest absolute Gasteiger partial charge is 0.478 e. The predicted molar refractivity (Wildman–Crippen MR) is 129 cm³/mol. The van der Waals surface area contributed by atoms with E-state index in [-0.39, 0.29) is 28.4 Å². The Bertz CT molecular complexity index is 1280. The van der Waals surface area contributed by atoms with E-state index in [1.807, 2.05) is 18.2 Å². The molecule has 1 aliphatic rings. The number of sulfonamides is 1. The Morgan fingerprint density at radius 3 is 2.53 bits per heavy atom. The summed E-state index contributed by atoms with van der Waals surface area (Å²) in [5, 5.41) is 8.94. The number of anilines is 2. The van der Waals surface area contributed by atoms with E-state index < -0.39 is 10.0 Å². The third-order valence-electron chi connectivity index (χ3n) is 5.30. The smallest absolute Gasteiger partial charge is 0.273 e. The molecule has 1 unspecified atom stereocenters. The number of hydrogen-bond acceptors (Lipinski definition) is 8. The zero-order chi connectivity index (χ0) is 24.1. The van der Waals surface area contributed by atoms with Gasteiger partial charge in [0.15, 0.2) is 0 Å². The fourth-order valence-corrected chi connectivity index (χ4v) is 4.57. The molecule has 1 atom stereocenters. The number of aromatic nitrogens is 2. The minimum atomic E-state index is -3.86. The number of nitrogens with zero attached hydrogens (tertiary/aromatic N) is 5. The van der Waals surface area contributed by atoms with Crippen LogP contribution in [0.3, 0.4) is 0 Å². The lowest BCUT2D eigenvalue weighted by Crippen LogP contribution is -2.28. The van der Waals surface area contributed by atoms with Crippen molar-refractivity contribution in [2.45, 2.75) is 4.90 Å². The van der Waals surface area contributed by atoms with Crippen LogP contribution < -0.4 is 14.4 Å². The number of rotatable bonds is 8. The van der Waals surface area contributed by atoms with Crippen molar-refractivity contribution in [1.82, 2.24) is 15.0 Å². The molecule has 1 aliphatic heterocycles. The molecule has 10 nitrogen and oxygen atoms in total. The summed E-state index contributed by atoms with van der Waals surface area (Å²) in [6, 6.07) is 15.4. The van der Waals surface area contributed by atoms with Crippen LogP contribution in [0.4, 0.5) is 11.5 Å². The average molecular weight is 481 g/mol. The number of carbonyl (C=O) groups is 1. The van der Waals surface area contributed by atoms with E-state index in [4.69, 9.17) is 4.74 Å². The molecule has 0 aliphatic carbocycles. The lowest BCUT2D eigenvalue weighted by Gasteiger charge is -2.20. The second kappa shape index (κ2) is 9.87. The van der Waals surface area contributed by atoms with Crippen molar-refractivity contribution >= 4 is 33.7 Å². The number of hydrazone groups is 1. The third kappa shape index (κ3) is 4.84. The van der Waals surface area contributed by atoms with Crippen LogP contribution in [0, 0.1) is 5.92 Å². The van der Waals surface area contributed by atoms with Gasteiger partial charge in [-0.3, -0.25) is 4.79 Å². The van der Waals surface area contributed by atoms with E-state index >= 15 is 0 Å². The van der Waals surface area contributed by atoms with Gasteiger partial charge in [0.2, 0.25) is 5.82 Å². The van der Waals surface area contributed by atoms with Gasteiger partial charge in [-0.25, -0.2) is 27.7 Å². The summed E-state index contributed by atoms with van der Waals surface area (Å²) in [5.74, 6) is 0.108. The molecule has 2 heterocycles. The van der Waals surface area contributed by atoms with Crippen LogP contribution in [-0.4, -0.2) is 62.8 Å². The Hall–Kier alpha value is -3.99. The summed E-state index contributed by atoms with van der Waals surface area (Å²) in [6.07, 6.45) is 4.57. The van der Waals surface area contributed by atoms with Gasteiger partial charge in [0.1, 0.15) is 0 Å². The van der Waals surface area contributed by atoms with Gasteiger partial charge in [-0.1, -0.05) is 18.2 Å². The van der Waals surface area contributed by atoms with Crippen LogP contribution >= 0.6 is 0 Å². The number of nitrogens with one attached hydrogen (secondary N) is 1. The Morgan fingerprint density at radius 1 is 1.12 bits per heavy atom. The minimum absolute atomic E-state index is 0.0336. The number of carbonyl (C=O) groups excluding carboxylic acids is 1. The third-order valence-corrected chi connectivity index (χ3v) is 7.06. The Labute approximate surface area is 198 Å². The first-order valence-corrected chi connectivity index (χ1v) is 11.9. The molecular formula is C23H24N6O4S. The molecule has 3 aromatic rings. The highest BCUT2D eigenvalue weighted by Crippen LogP contribution is 2.27. The van der Waals surface area contributed by atoms with E-state index in [0.29, 0.717) is 18.7 Å². The van der Waals surface area contributed by atoms with E-state index in [0.717, 1.165) is 9.99 Å². The van der Waals surface area contributed by atoms with Gasteiger partial charge in [0.05, 0.1) is 18.6 Å². The molecular weight excluding hydrogens is 456 g/mol. The summed E-state index contributed by atoms with van der Waals surface area (Å²) in [5.41, 5.74) is 1.34. The van der Waals surface area contributed by atoms with Gasteiger partial charge in [0.25, 0.3) is 21.8 Å². The minimum Gasteiger partial charge on any atom is -0.478 e. The van der Waals surface area contributed by atoms with E-state index in [1.165, 1.54) is 43.7 Å². The molecule has 0 spiro atoms. The first kappa shape index (κ1) is 23.2. The monoisotopic (exact) mass is 480 g/mol. The molecule has 0 saturated carbocycles. The average Bonchev–Trinajstić information content (AvgIpc) is 3.36. The second-order valence-electron chi connectivity index (χ2n) is 7.54. The van der Waals surface area contributed by atoms with Crippen LogP contribution in [-0.2, 0) is 10.0 Å². The predicted octanol–water partition coefficient (Wildman–Crippen LogP) is 2.48. The maximum atomic E-state index is 13.0. The standard InChI is InChI=1S/C23H24N6O4S/c1-28(21-22(33-2)25-13-12-24-21)34(31,32)20-10-8-19(9-11-20)26-14-17-15-27-29(16-17)23(30)18-6-4-3-5-7-18/h3-13,15,17,26H,14,16H2,1-2H3. The Kier molecular flexibility index (Phi) is 6.73. The van der Waals surface area contributed by atoms with Crippen molar-refractivity contribution < 1.29 is 17.9 Å². The van der Waals surface area contributed by atoms with Crippen molar-refractivity contribution in [3.8, 4) is 5.88 Å². The van der Waals surface area contributed by atoms with E-state index in [1.54, 1.807) is 30.5 Å². The fourth-order valence-electron chi connectivity index (χ4n) is 3.42. The van der Waals surface area contributed by atoms with Crippen molar-refractivity contribution in [2.75, 3.05) is 36.9 Å². The van der Waals surface area contributed by atoms with E-state index in [9.17, 15) is 13.2 Å². The molecule has 176 valence electrons. The summed E-state index contributed by atoms with van der Waals surface area (Å²) >= 11 is 0. The molecule has 0 radical (unpaired) electrons. The molecule has 11 heteroatoms. The molecule has 1 N–H and O–H groups in total. The summed E-state index contributed by atoms with van der Waals surface area (Å²) in [6.45, 7) is 1.02. The highest BCUT2D eigenvalue weighted by atomic mass is 32.2. The highest BCUT2D eigenvalue weighted by Gasteiger charge is 2.26. The zero-order valence-electron chi connectivity index (χ0n) is 18.7. The molecule has 4 rings (SSSR count). The van der Waals surface area contributed by atoms with Gasteiger partial charge in [-0.05, 0) is 36.4 Å². The van der Waals surface area contributed by atoms with Gasteiger partial charge in [-0.2, -0.15) is 5.10 Å². The fraction of sp³-hybridized carbons (Fsp3) is 0.217. The van der Waals surface area contributed by atoms with Gasteiger partial charge in [-0.15, -0.1) is 0 Å². The first-order chi connectivity index (χ1) is 16.4. The maximum absolute atomic E-state index is 13.0. The second-order valence-corrected chi connectivity index (χ2v) is 9.51. The number of hydrogen-bond donors (Lipinski definition) is 1. The molecule has 0 saturated heterocycles.